The molecule has 1 saturated heterocycles. The molecule has 0 aliphatic carbocycles. The van der Waals surface area contributed by atoms with Crippen LogP contribution in [-0.4, -0.2) is 62.8 Å². The molecule has 9 heteroatoms. The van der Waals surface area contributed by atoms with Crippen LogP contribution in [0.25, 0.3) is 16.8 Å². The summed E-state index contributed by atoms with van der Waals surface area (Å²) in [6.07, 6.45) is 7.36. The van der Waals surface area contributed by atoms with Crippen LogP contribution in [0.2, 0.25) is 0 Å². The number of anilines is 1. The number of carbonyl (C=O) groups excluding carboxylic acids is 2. The Balaban J connectivity index is 1.39. The van der Waals surface area contributed by atoms with Crippen molar-refractivity contribution in [2.45, 2.75) is 25.3 Å². The van der Waals surface area contributed by atoms with Gasteiger partial charge in [0.2, 0.25) is 11.9 Å². The molecule has 1 atom stereocenters. The first-order valence-corrected chi connectivity index (χ1v) is 11.9. The molecule has 184 valence electrons. The molecule has 9 nitrogen and oxygen atoms in total. The molecule has 4 aromatic rings. The van der Waals surface area contributed by atoms with Gasteiger partial charge in [-0.2, -0.15) is 5.10 Å². The first-order chi connectivity index (χ1) is 17.6. The number of nitrogens with one attached hydrogen (secondary N) is 2. The summed E-state index contributed by atoms with van der Waals surface area (Å²) in [5, 5.41) is 9.70. The van der Waals surface area contributed by atoms with E-state index in [0.717, 1.165) is 36.2 Å². The summed E-state index contributed by atoms with van der Waals surface area (Å²) in [5.74, 6) is 0.0798. The van der Waals surface area contributed by atoms with Gasteiger partial charge in [0.1, 0.15) is 0 Å². The normalized spacial score (nSPS) is 15.2. The van der Waals surface area contributed by atoms with E-state index < -0.39 is 0 Å². The van der Waals surface area contributed by atoms with Gasteiger partial charge in [-0.15, -0.1) is 0 Å². The highest BCUT2D eigenvalue weighted by Gasteiger charge is 2.29. The van der Waals surface area contributed by atoms with Crippen LogP contribution in [0.4, 0.5) is 5.95 Å². The molecular weight excluding hydrogens is 456 g/mol. The standard InChI is InChI=1S/C27H28N6O3/c1-36-18-24-11-6-12-32(24)25(34)14-22-17-33(23-9-3-2-4-10-23)27(30-22)31-26(35)20-8-5-7-19(13-20)21-15-28-29-16-21/h2-5,7-10,13,15-17,24H,6,11-12,14,18H2,1H3,(H,28,29)(H,30,31,35)/t24-/m1/s1. The number of carbonyl (C=O) groups is 2. The Hall–Kier alpha value is -4.24. The maximum absolute atomic E-state index is 13.2. The van der Waals surface area contributed by atoms with Gasteiger partial charge in [-0.25, -0.2) is 4.98 Å². The van der Waals surface area contributed by atoms with Crippen molar-refractivity contribution in [3.05, 3.63) is 84.4 Å². The number of H-pyrrole nitrogens is 1. The molecule has 36 heavy (non-hydrogen) atoms. The number of hydrogen-bond acceptors (Lipinski definition) is 5. The van der Waals surface area contributed by atoms with E-state index in [1.165, 1.54) is 0 Å². The second kappa shape index (κ2) is 10.6. The van der Waals surface area contributed by atoms with E-state index in [1.807, 2.05) is 59.6 Å². The number of methoxy groups -OCH3 is 1. The summed E-state index contributed by atoms with van der Waals surface area (Å²) < 4.78 is 7.09. The second-order valence-electron chi connectivity index (χ2n) is 8.80. The van der Waals surface area contributed by atoms with Crippen molar-refractivity contribution in [3.63, 3.8) is 0 Å². The van der Waals surface area contributed by atoms with Crippen molar-refractivity contribution in [1.82, 2.24) is 24.6 Å². The molecule has 2 aromatic heterocycles. The Morgan fingerprint density at radius 1 is 1.14 bits per heavy atom. The fourth-order valence-electron chi connectivity index (χ4n) is 4.60. The molecule has 1 fully saturated rings. The number of benzene rings is 2. The number of likely N-dealkylation sites (tertiary alicyclic amines) is 1. The van der Waals surface area contributed by atoms with Crippen LogP contribution in [0.3, 0.4) is 0 Å². The van der Waals surface area contributed by atoms with Crippen molar-refractivity contribution in [3.8, 4) is 16.8 Å². The smallest absolute Gasteiger partial charge is 0.258 e. The third-order valence-electron chi connectivity index (χ3n) is 6.36. The SMILES string of the molecule is COC[C@H]1CCCN1C(=O)Cc1cn(-c2ccccc2)c(NC(=O)c2cccc(-c3cn[nH]c3)c2)n1. The van der Waals surface area contributed by atoms with Crippen LogP contribution in [0.1, 0.15) is 28.9 Å². The molecule has 1 aliphatic heterocycles. The zero-order chi connectivity index (χ0) is 24.9. The Labute approximate surface area is 209 Å². The molecule has 2 N–H and O–H groups in total. The molecule has 5 rings (SSSR count). The Morgan fingerprint density at radius 3 is 2.78 bits per heavy atom. The number of para-hydroxylation sites is 1. The van der Waals surface area contributed by atoms with E-state index in [1.54, 1.807) is 30.1 Å². The van der Waals surface area contributed by atoms with Crippen molar-refractivity contribution < 1.29 is 14.3 Å². The predicted octanol–water partition coefficient (Wildman–Crippen LogP) is 3.69. The number of hydrogen-bond donors (Lipinski definition) is 2. The van der Waals surface area contributed by atoms with E-state index in [9.17, 15) is 9.59 Å². The van der Waals surface area contributed by atoms with Gasteiger partial charge < -0.3 is 9.64 Å². The number of aromatic nitrogens is 4. The molecule has 1 aliphatic rings. The summed E-state index contributed by atoms with van der Waals surface area (Å²) in [6, 6.07) is 17.0. The third-order valence-corrected chi connectivity index (χ3v) is 6.36. The summed E-state index contributed by atoms with van der Waals surface area (Å²) in [7, 11) is 1.66. The number of aromatic amines is 1. The van der Waals surface area contributed by atoms with E-state index in [-0.39, 0.29) is 24.3 Å². The molecular formula is C27H28N6O3. The second-order valence-corrected chi connectivity index (χ2v) is 8.80. The van der Waals surface area contributed by atoms with Gasteiger partial charge in [0.25, 0.3) is 5.91 Å². The zero-order valence-corrected chi connectivity index (χ0v) is 20.1. The van der Waals surface area contributed by atoms with E-state index in [4.69, 9.17) is 4.74 Å². The zero-order valence-electron chi connectivity index (χ0n) is 20.1. The van der Waals surface area contributed by atoms with Gasteiger partial charge in [-0.1, -0.05) is 30.3 Å². The first kappa shape index (κ1) is 23.5. The van der Waals surface area contributed by atoms with Crippen LogP contribution < -0.4 is 5.32 Å². The van der Waals surface area contributed by atoms with Crippen LogP contribution in [-0.2, 0) is 16.0 Å². The number of amides is 2. The van der Waals surface area contributed by atoms with Crippen LogP contribution in [0.5, 0.6) is 0 Å². The van der Waals surface area contributed by atoms with Gasteiger partial charge in [-0.3, -0.25) is 24.6 Å². The minimum Gasteiger partial charge on any atom is -0.383 e. The van der Waals surface area contributed by atoms with E-state index in [2.05, 4.69) is 20.5 Å². The van der Waals surface area contributed by atoms with E-state index in [0.29, 0.717) is 23.8 Å². The Morgan fingerprint density at radius 2 is 2.00 bits per heavy atom. The van der Waals surface area contributed by atoms with Gasteiger partial charge >= 0.3 is 0 Å². The molecule has 0 spiro atoms. The fraction of sp³-hybridized carbons (Fsp3) is 0.259. The minimum atomic E-state index is -0.291. The molecule has 0 bridgehead atoms. The topological polar surface area (TPSA) is 105 Å². The molecule has 0 radical (unpaired) electrons. The Bertz CT molecular complexity index is 1330. The van der Waals surface area contributed by atoms with Gasteiger partial charge in [0, 0.05) is 42.9 Å². The summed E-state index contributed by atoms with van der Waals surface area (Å²) >= 11 is 0. The molecule has 2 amide bonds. The Kier molecular flexibility index (Phi) is 6.90. The van der Waals surface area contributed by atoms with Crippen LogP contribution >= 0.6 is 0 Å². The van der Waals surface area contributed by atoms with E-state index >= 15 is 0 Å². The number of nitrogens with zero attached hydrogens (tertiary/aromatic N) is 4. The lowest BCUT2D eigenvalue weighted by atomic mass is 10.1. The minimum absolute atomic E-state index is 0.0120. The highest BCUT2D eigenvalue weighted by molar-refractivity contribution is 6.04. The van der Waals surface area contributed by atoms with Crippen molar-refractivity contribution >= 4 is 17.8 Å². The summed E-state index contributed by atoms with van der Waals surface area (Å²) in [6.45, 7) is 1.26. The average Bonchev–Trinajstić information content (AvgIpc) is 3.67. The van der Waals surface area contributed by atoms with Crippen molar-refractivity contribution in [1.29, 1.82) is 0 Å². The third kappa shape index (κ3) is 5.06. The van der Waals surface area contributed by atoms with Gasteiger partial charge in [0.15, 0.2) is 0 Å². The number of rotatable bonds is 8. The quantitative estimate of drug-likeness (QED) is 0.397. The van der Waals surface area contributed by atoms with Crippen molar-refractivity contribution in [2.75, 3.05) is 25.6 Å². The monoisotopic (exact) mass is 484 g/mol. The molecule has 0 saturated carbocycles. The average molecular weight is 485 g/mol. The fourth-order valence-corrected chi connectivity index (χ4v) is 4.60. The molecule has 0 unspecified atom stereocenters. The maximum Gasteiger partial charge on any atom is 0.258 e. The highest BCUT2D eigenvalue weighted by Crippen LogP contribution is 2.23. The van der Waals surface area contributed by atoms with Crippen LogP contribution in [0.15, 0.2) is 73.2 Å². The molecule has 3 heterocycles. The van der Waals surface area contributed by atoms with Crippen molar-refractivity contribution in [2.24, 2.45) is 0 Å². The lowest BCUT2D eigenvalue weighted by Crippen LogP contribution is -2.39. The largest absolute Gasteiger partial charge is 0.383 e. The lowest BCUT2D eigenvalue weighted by molar-refractivity contribution is -0.132. The maximum atomic E-state index is 13.2. The first-order valence-electron chi connectivity index (χ1n) is 11.9. The predicted molar refractivity (Wildman–Crippen MR) is 136 cm³/mol. The highest BCUT2D eigenvalue weighted by atomic mass is 16.5. The number of ether oxygens (including phenoxy) is 1. The van der Waals surface area contributed by atoms with Gasteiger partial charge in [0.05, 0.1) is 31.0 Å². The van der Waals surface area contributed by atoms with Crippen LogP contribution in [0, 0.1) is 0 Å². The number of imidazole rings is 1. The summed E-state index contributed by atoms with van der Waals surface area (Å²) in [5.41, 5.74) is 3.70. The summed E-state index contributed by atoms with van der Waals surface area (Å²) in [4.78, 5) is 32.8. The molecule has 2 aromatic carbocycles. The lowest BCUT2D eigenvalue weighted by Gasteiger charge is -2.23. The van der Waals surface area contributed by atoms with Gasteiger partial charge in [-0.05, 0) is 42.7 Å².